The number of methoxy groups -OCH3 is 1. The molecular weight excluding hydrogens is 188 g/mol. The smallest absolute Gasteiger partial charge is 0.124 e. The van der Waals surface area contributed by atoms with E-state index in [0.29, 0.717) is 0 Å². The summed E-state index contributed by atoms with van der Waals surface area (Å²) in [5, 5.41) is 8.75. The van der Waals surface area contributed by atoms with Crippen molar-refractivity contribution in [1.82, 2.24) is 0 Å². The van der Waals surface area contributed by atoms with Gasteiger partial charge in [-0.1, -0.05) is 17.7 Å². The molecule has 0 amide bonds. The average molecular weight is 208 g/mol. The fraction of sp³-hybridized carbons (Fsp3) is 0.538. The summed E-state index contributed by atoms with van der Waals surface area (Å²) in [6.07, 6.45) is 2.85. The van der Waals surface area contributed by atoms with Crippen molar-refractivity contribution in [2.24, 2.45) is 0 Å². The quantitative estimate of drug-likeness (QED) is 0.754. The summed E-state index contributed by atoms with van der Waals surface area (Å²) in [7, 11) is 1.72. The lowest BCUT2D eigenvalue weighted by atomic mass is 10.0. The summed E-state index contributed by atoms with van der Waals surface area (Å²) in [6.45, 7) is 4.44. The number of unbranched alkanes of at least 4 members (excludes halogenated alkanes) is 1. The minimum absolute atomic E-state index is 0.271. The Morgan fingerprint density at radius 1 is 1.20 bits per heavy atom. The largest absolute Gasteiger partial charge is 0.496 e. The predicted octanol–water partition coefficient (Wildman–Crippen LogP) is 2.63. The Morgan fingerprint density at radius 3 is 2.53 bits per heavy atom. The van der Waals surface area contributed by atoms with E-state index in [1.54, 1.807) is 7.11 Å². The van der Waals surface area contributed by atoms with Gasteiger partial charge in [-0.05, 0) is 44.2 Å². The average Bonchev–Trinajstić information content (AvgIpc) is 2.17. The van der Waals surface area contributed by atoms with Crippen LogP contribution in [0.3, 0.4) is 0 Å². The molecule has 0 heterocycles. The maximum atomic E-state index is 8.75. The van der Waals surface area contributed by atoms with Gasteiger partial charge in [-0.25, -0.2) is 0 Å². The second-order valence-corrected chi connectivity index (χ2v) is 3.95. The van der Waals surface area contributed by atoms with Crippen molar-refractivity contribution in [3.05, 3.63) is 28.8 Å². The first-order chi connectivity index (χ1) is 7.19. The van der Waals surface area contributed by atoms with Gasteiger partial charge in [0.1, 0.15) is 5.75 Å². The van der Waals surface area contributed by atoms with E-state index in [2.05, 4.69) is 26.0 Å². The number of benzene rings is 1. The van der Waals surface area contributed by atoms with E-state index >= 15 is 0 Å². The first-order valence-corrected chi connectivity index (χ1v) is 5.44. The van der Waals surface area contributed by atoms with Gasteiger partial charge in [0, 0.05) is 6.61 Å². The van der Waals surface area contributed by atoms with E-state index < -0.39 is 0 Å². The van der Waals surface area contributed by atoms with Gasteiger partial charge in [-0.2, -0.15) is 0 Å². The van der Waals surface area contributed by atoms with E-state index in [4.69, 9.17) is 9.84 Å². The zero-order chi connectivity index (χ0) is 11.3. The number of hydrogen-bond donors (Lipinski definition) is 1. The normalized spacial score (nSPS) is 10.4. The number of aliphatic hydroxyl groups is 1. The van der Waals surface area contributed by atoms with Gasteiger partial charge in [0.15, 0.2) is 0 Å². The Bertz CT molecular complexity index is 319. The zero-order valence-electron chi connectivity index (χ0n) is 9.84. The molecule has 1 aromatic carbocycles. The first kappa shape index (κ1) is 12.1. The number of aliphatic hydroxyl groups excluding tert-OH is 1. The number of aryl methyl sites for hydroxylation is 3. The third kappa shape index (κ3) is 3.24. The molecule has 2 nitrogen and oxygen atoms in total. The highest BCUT2D eigenvalue weighted by molar-refractivity contribution is 5.43. The minimum atomic E-state index is 0.271. The molecule has 0 saturated heterocycles. The van der Waals surface area contributed by atoms with E-state index in [-0.39, 0.29) is 6.61 Å². The Morgan fingerprint density at radius 2 is 1.93 bits per heavy atom. The van der Waals surface area contributed by atoms with Crippen LogP contribution in [0.2, 0.25) is 0 Å². The highest BCUT2D eigenvalue weighted by Crippen LogP contribution is 2.26. The maximum absolute atomic E-state index is 8.75. The summed E-state index contributed by atoms with van der Waals surface area (Å²) in [5.74, 6) is 0.999. The van der Waals surface area contributed by atoms with E-state index in [1.165, 1.54) is 16.7 Å². The maximum Gasteiger partial charge on any atom is 0.124 e. The van der Waals surface area contributed by atoms with Gasteiger partial charge in [0.2, 0.25) is 0 Å². The summed E-state index contributed by atoms with van der Waals surface area (Å²) in [5.41, 5.74) is 3.72. The van der Waals surface area contributed by atoms with Crippen molar-refractivity contribution < 1.29 is 9.84 Å². The highest BCUT2D eigenvalue weighted by atomic mass is 16.5. The third-order valence-corrected chi connectivity index (χ3v) is 2.55. The molecule has 0 saturated carbocycles. The molecule has 0 bridgehead atoms. The molecule has 15 heavy (non-hydrogen) atoms. The lowest BCUT2D eigenvalue weighted by Gasteiger charge is -2.12. The van der Waals surface area contributed by atoms with Crippen LogP contribution >= 0.6 is 0 Å². The Balaban J connectivity index is 2.84. The summed E-state index contributed by atoms with van der Waals surface area (Å²) >= 11 is 0. The molecule has 2 heteroatoms. The zero-order valence-corrected chi connectivity index (χ0v) is 9.84. The van der Waals surface area contributed by atoms with Crippen LogP contribution in [-0.4, -0.2) is 18.8 Å². The molecule has 0 aliphatic heterocycles. The van der Waals surface area contributed by atoms with E-state index in [1.807, 2.05) is 0 Å². The lowest BCUT2D eigenvalue weighted by Crippen LogP contribution is -1.97. The summed E-state index contributed by atoms with van der Waals surface area (Å²) in [4.78, 5) is 0. The Kier molecular flexibility index (Phi) is 4.63. The third-order valence-electron chi connectivity index (χ3n) is 2.55. The highest BCUT2D eigenvalue weighted by Gasteiger charge is 2.06. The van der Waals surface area contributed by atoms with Crippen LogP contribution in [0.5, 0.6) is 5.75 Å². The van der Waals surface area contributed by atoms with Gasteiger partial charge in [-0.3, -0.25) is 0 Å². The number of ether oxygens (including phenoxy) is 1. The molecule has 0 radical (unpaired) electrons. The molecule has 0 atom stereocenters. The molecule has 0 unspecified atom stereocenters. The summed E-state index contributed by atoms with van der Waals surface area (Å²) < 4.78 is 5.40. The molecule has 84 valence electrons. The van der Waals surface area contributed by atoms with Crippen molar-refractivity contribution in [2.45, 2.75) is 33.1 Å². The SMILES string of the molecule is COc1c(C)cc(C)cc1CCCCO. The molecule has 1 rings (SSSR count). The molecule has 0 aliphatic rings. The molecule has 0 aromatic heterocycles. The number of hydrogen-bond acceptors (Lipinski definition) is 2. The van der Waals surface area contributed by atoms with E-state index in [0.717, 1.165) is 25.0 Å². The molecule has 0 fully saturated rings. The van der Waals surface area contributed by atoms with Crippen molar-refractivity contribution in [2.75, 3.05) is 13.7 Å². The van der Waals surface area contributed by atoms with Crippen LogP contribution in [0, 0.1) is 13.8 Å². The van der Waals surface area contributed by atoms with Crippen LogP contribution in [0.25, 0.3) is 0 Å². The van der Waals surface area contributed by atoms with Crippen molar-refractivity contribution in [3.8, 4) is 5.75 Å². The molecule has 0 aliphatic carbocycles. The van der Waals surface area contributed by atoms with E-state index in [9.17, 15) is 0 Å². The summed E-state index contributed by atoms with van der Waals surface area (Å²) in [6, 6.07) is 4.30. The standard InChI is InChI=1S/C13H20O2/c1-10-8-11(2)13(15-3)12(9-10)6-4-5-7-14/h8-9,14H,4-7H2,1-3H3. The predicted molar refractivity (Wildman–Crippen MR) is 62.5 cm³/mol. The van der Waals surface area contributed by atoms with Crippen LogP contribution in [0.1, 0.15) is 29.5 Å². The van der Waals surface area contributed by atoms with Gasteiger partial charge in [0.05, 0.1) is 7.11 Å². The van der Waals surface area contributed by atoms with Gasteiger partial charge >= 0.3 is 0 Å². The van der Waals surface area contributed by atoms with Crippen LogP contribution in [-0.2, 0) is 6.42 Å². The Hall–Kier alpha value is -1.02. The number of rotatable bonds is 5. The second kappa shape index (κ2) is 5.76. The molecule has 1 N–H and O–H groups in total. The van der Waals surface area contributed by atoms with Crippen LogP contribution in [0.15, 0.2) is 12.1 Å². The van der Waals surface area contributed by atoms with Gasteiger partial charge in [0.25, 0.3) is 0 Å². The monoisotopic (exact) mass is 208 g/mol. The van der Waals surface area contributed by atoms with Crippen molar-refractivity contribution >= 4 is 0 Å². The van der Waals surface area contributed by atoms with Crippen LogP contribution < -0.4 is 4.74 Å². The van der Waals surface area contributed by atoms with Crippen LogP contribution in [0.4, 0.5) is 0 Å². The van der Waals surface area contributed by atoms with Crippen molar-refractivity contribution in [3.63, 3.8) is 0 Å². The topological polar surface area (TPSA) is 29.5 Å². The minimum Gasteiger partial charge on any atom is -0.496 e. The fourth-order valence-electron chi connectivity index (χ4n) is 1.95. The second-order valence-electron chi connectivity index (χ2n) is 3.95. The molecular formula is C13H20O2. The molecule has 0 spiro atoms. The lowest BCUT2D eigenvalue weighted by molar-refractivity contribution is 0.284. The Labute approximate surface area is 91.9 Å². The van der Waals surface area contributed by atoms with Gasteiger partial charge in [-0.15, -0.1) is 0 Å². The van der Waals surface area contributed by atoms with Gasteiger partial charge < -0.3 is 9.84 Å². The molecule has 1 aromatic rings. The van der Waals surface area contributed by atoms with Crippen molar-refractivity contribution in [1.29, 1.82) is 0 Å². The first-order valence-electron chi connectivity index (χ1n) is 5.44. The fourth-order valence-corrected chi connectivity index (χ4v) is 1.95.